The van der Waals surface area contributed by atoms with Crippen LogP contribution in [0.3, 0.4) is 0 Å². The predicted molar refractivity (Wildman–Crippen MR) is 290 cm³/mol. The van der Waals surface area contributed by atoms with Gasteiger partial charge in [0.2, 0.25) is 7.59 Å². The molecule has 79 heavy (non-hydrogen) atoms. The molecule has 0 radical (unpaired) electrons. The molecule has 2 bridgehead atoms. The first-order valence-corrected chi connectivity index (χ1v) is 27.5. The van der Waals surface area contributed by atoms with Gasteiger partial charge < -0.3 is 48.3 Å². The second kappa shape index (κ2) is 23.7. The molecule has 2 N–H and O–H groups in total. The van der Waals surface area contributed by atoms with Gasteiger partial charge in [-0.15, -0.1) is 0 Å². The monoisotopic (exact) mass is 1210 g/mol. The third kappa shape index (κ3) is 13.5. The van der Waals surface area contributed by atoms with Crippen LogP contribution in [-0.2, 0) is 68.5 Å². The summed E-state index contributed by atoms with van der Waals surface area (Å²) in [6.07, 6.45) is -14.1. The van der Waals surface area contributed by atoms with E-state index in [1.165, 1.54) is 39.8 Å². The van der Waals surface area contributed by atoms with E-state index in [2.05, 4.69) is 5.32 Å². The van der Waals surface area contributed by atoms with E-state index in [0.717, 1.165) is 6.92 Å². The number of aliphatic hydroxyl groups is 1. The van der Waals surface area contributed by atoms with Crippen molar-refractivity contribution < 1.29 is 76.6 Å². The SMILES string of the molecule is CC(=O)O[C@@]12CO[C@@H]1C[C@H](OC(=O)CC(Cl)(Cl)Cl)[C@@]1(C)C(=O)[C@H](OC(=O)CC(Cl)(Cl)Cl)C3=C(C)[C@@H](OC(=O)[C@H](OCc4ccccc4)[C@@H](NC(=O)OC(C)(C)C)c4ccccc4)C[C@@](O)([C@@H](OC(=O)c4ccccc4)[C@H]21)C3(C)C. The maximum atomic E-state index is 16.5. The number of alkyl carbamates (subject to hydrolysis) is 1. The molecule has 2 saturated carbocycles. The minimum Gasteiger partial charge on any atom is -0.461 e. The molecular weight excluding hydrogens is 1160 g/mol. The quantitative estimate of drug-likeness (QED) is 0.0625. The first-order chi connectivity index (χ1) is 36.7. The number of fused-ring (bicyclic) bond motifs is 5. The van der Waals surface area contributed by atoms with Crippen LogP contribution >= 0.6 is 69.6 Å². The highest BCUT2D eigenvalue weighted by molar-refractivity contribution is 6.68. The number of carbonyl (C=O) groups excluding carboxylic acids is 7. The molecule has 1 heterocycles. The van der Waals surface area contributed by atoms with Crippen molar-refractivity contribution in [1.29, 1.82) is 0 Å². The van der Waals surface area contributed by atoms with Crippen molar-refractivity contribution in [3.8, 4) is 0 Å². The van der Waals surface area contributed by atoms with Crippen molar-refractivity contribution in [3.63, 3.8) is 0 Å². The lowest BCUT2D eigenvalue weighted by Crippen LogP contribution is -2.82. The lowest BCUT2D eigenvalue weighted by Gasteiger charge is -2.67. The number of nitrogens with one attached hydrogen (secondary N) is 1. The minimum atomic E-state index is -2.60. The lowest BCUT2D eigenvalue weighted by molar-refractivity contribution is -0.346. The summed E-state index contributed by atoms with van der Waals surface area (Å²) in [5.41, 5.74) is -8.92. The Morgan fingerprint density at radius 3 is 1.87 bits per heavy atom. The van der Waals surface area contributed by atoms with Gasteiger partial charge in [0.1, 0.15) is 35.6 Å². The summed E-state index contributed by atoms with van der Waals surface area (Å²) in [7, 11) is 0. The maximum absolute atomic E-state index is 16.5. The third-order valence-electron chi connectivity index (χ3n) is 15.0. The minimum absolute atomic E-state index is 0.0181. The van der Waals surface area contributed by atoms with Gasteiger partial charge in [0.15, 0.2) is 23.6 Å². The van der Waals surface area contributed by atoms with Gasteiger partial charge in [-0.1, -0.05) is 162 Å². The van der Waals surface area contributed by atoms with Gasteiger partial charge in [0.25, 0.3) is 0 Å². The van der Waals surface area contributed by atoms with Crippen LogP contribution < -0.4 is 5.32 Å². The summed E-state index contributed by atoms with van der Waals surface area (Å²) in [4.78, 5) is 102. The van der Waals surface area contributed by atoms with Gasteiger partial charge in [0, 0.05) is 25.2 Å². The molecule has 0 unspecified atom stereocenters. The molecule has 428 valence electrons. The number of benzene rings is 3. The Labute approximate surface area is 487 Å². The Morgan fingerprint density at radius 1 is 0.785 bits per heavy atom. The van der Waals surface area contributed by atoms with E-state index in [1.54, 1.807) is 99.6 Å². The van der Waals surface area contributed by atoms with Crippen LogP contribution in [0, 0.1) is 16.7 Å². The van der Waals surface area contributed by atoms with Crippen LogP contribution in [0.5, 0.6) is 0 Å². The number of hydrogen-bond donors (Lipinski definition) is 2. The summed E-state index contributed by atoms with van der Waals surface area (Å²) in [5.74, 6) is -8.23. The fraction of sp³-hybridized carbons (Fsp3) is 0.518. The van der Waals surface area contributed by atoms with E-state index in [4.69, 9.17) is 108 Å². The molecule has 23 heteroatoms. The molecule has 7 rings (SSSR count). The largest absolute Gasteiger partial charge is 0.461 e. The molecule has 11 atom stereocenters. The molecule has 17 nitrogen and oxygen atoms in total. The topological polar surface area (TPSA) is 226 Å². The molecule has 3 fully saturated rings. The molecule has 1 saturated heterocycles. The lowest BCUT2D eigenvalue weighted by atomic mass is 9.44. The normalized spacial score (nSPS) is 28.1. The van der Waals surface area contributed by atoms with Crippen LogP contribution in [-0.4, -0.2) is 114 Å². The highest BCUT2D eigenvalue weighted by atomic mass is 35.6. The second-order valence-electron chi connectivity index (χ2n) is 21.9. The Morgan fingerprint density at radius 2 is 1.34 bits per heavy atom. The summed E-state index contributed by atoms with van der Waals surface area (Å²) in [6.45, 7) is 11.2. The van der Waals surface area contributed by atoms with Crippen LogP contribution in [0.4, 0.5) is 4.79 Å². The number of ether oxygens (including phenoxy) is 8. The highest BCUT2D eigenvalue weighted by Gasteiger charge is 2.79. The first-order valence-electron chi connectivity index (χ1n) is 25.2. The standard InChI is InChI=1S/C56H61Cl6NO16/c1-30-35(74-48(69)43(72-28-32-18-12-9-13-19-32)41(33-20-14-10-15-21-33)63-49(70)79-50(3,4)5)25-54(71)46(77-47(68)34-22-16-11-17-23-34)44-52(8,45(67)42(40(30)51(54,6)7)76-39(66)27-56(60,61)62)36(75-38(65)26-55(57,58)59)24-37-53(44,29-73-37)78-31(2)64/h9-23,35-37,41-44,46,71H,24-29H2,1-8H3,(H,63,70)/t35-,36-,37+,41-,42+,43+,44-,46-,52+,53-,54+/m0/s1. The van der Waals surface area contributed by atoms with Crippen molar-refractivity contribution in [2.24, 2.45) is 16.7 Å². The van der Waals surface area contributed by atoms with E-state index in [9.17, 15) is 29.1 Å². The second-order valence-corrected chi connectivity index (χ2v) is 26.9. The molecule has 1 amide bonds. The van der Waals surface area contributed by atoms with Crippen molar-refractivity contribution in [3.05, 3.63) is 119 Å². The average molecular weight is 1220 g/mol. The summed E-state index contributed by atoms with van der Waals surface area (Å²) in [5, 5.41) is 17.1. The van der Waals surface area contributed by atoms with Gasteiger partial charge >= 0.3 is 35.9 Å². The average Bonchev–Trinajstić information content (AvgIpc) is 3.53. The van der Waals surface area contributed by atoms with Crippen molar-refractivity contribution in [2.45, 2.75) is 155 Å². The Bertz CT molecular complexity index is 2820. The fourth-order valence-electron chi connectivity index (χ4n) is 11.4. The third-order valence-corrected chi connectivity index (χ3v) is 15.8. The summed E-state index contributed by atoms with van der Waals surface area (Å²) < 4.78 is 45.3. The van der Waals surface area contributed by atoms with Crippen LogP contribution in [0.2, 0.25) is 0 Å². The number of hydrogen-bond acceptors (Lipinski definition) is 16. The molecule has 3 aliphatic carbocycles. The Hall–Kier alpha value is -4.69. The molecular formula is C56H61Cl6NO16. The van der Waals surface area contributed by atoms with Crippen LogP contribution in [0.1, 0.15) is 109 Å². The molecule has 4 aliphatic rings. The van der Waals surface area contributed by atoms with E-state index in [1.807, 2.05) is 0 Å². The maximum Gasteiger partial charge on any atom is 0.408 e. The number of amides is 1. The summed E-state index contributed by atoms with van der Waals surface area (Å²) in [6, 6.07) is 23.6. The van der Waals surface area contributed by atoms with Gasteiger partial charge in [-0.3, -0.25) is 19.2 Å². The van der Waals surface area contributed by atoms with Gasteiger partial charge in [0.05, 0.1) is 49.0 Å². The van der Waals surface area contributed by atoms with E-state index in [0.29, 0.717) is 11.1 Å². The number of carbonyl (C=O) groups is 7. The highest BCUT2D eigenvalue weighted by Crippen LogP contribution is 2.65. The Kier molecular flexibility index (Phi) is 18.5. The molecule has 1 aliphatic heterocycles. The number of Topliss-reactive ketones (excluding diaryl/α,β-unsaturated/α-hetero) is 1. The molecule has 3 aromatic carbocycles. The molecule has 3 aromatic rings. The van der Waals surface area contributed by atoms with Crippen molar-refractivity contribution in [1.82, 2.24) is 5.32 Å². The molecule has 0 spiro atoms. The molecule has 0 aromatic heterocycles. The van der Waals surface area contributed by atoms with Gasteiger partial charge in [-0.05, 0) is 69.0 Å². The van der Waals surface area contributed by atoms with Gasteiger partial charge in [-0.2, -0.15) is 0 Å². The zero-order valence-electron chi connectivity index (χ0n) is 44.4. The van der Waals surface area contributed by atoms with Gasteiger partial charge in [-0.25, -0.2) is 14.4 Å². The fourth-order valence-corrected chi connectivity index (χ4v) is 12.1. The van der Waals surface area contributed by atoms with Crippen molar-refractivity contribution >= 4 is 111 Å². The predicted octanol–water partition coefficient (Wildman–Crippen LogP) is 10.1. The zero-order chi connectivity index (χ0) is 58.3. The number of halogens is 6. The van der Waals surface area contributed by atoms with E-state index in [-0.39, 0.29) is 29.7 Å². The number of ketones is 1. The number of alkyl halides is 6. The number of rotatable bonds is 15. The van der Waals surface area contributed by atoms with Crippen LogP contribution in [0.25, 0.3) is 0 Å². The van der Waals surface area contributed by atoms with E-state index < -0.39 is 151 Å². The Balaban J connectivity index is 1.49. The van der Waals surface area contributed by atoms with E-state index >= 15 is 9.59 Å². The zero-order valence-corrected chi connectivity index (χ0v) is 48.9. The smallest absolute Gasteiger partial charge is 0.408 e. The van der Waals surface area contributed by atoms with Crippen molar-refractivity contribution in [2.75, 3.05) is 6.61 Å². The number of esters is 5. The first kappa shape index (κ1) is 61.9. The summed E-state index contributed by atoms with van der Waals surface area (Å²) >= 11 is 36.7. The van der Waals surface area contributed by atoms with Crippen LogP contribution in [0.15, 0.2) is 102 Å².